The fraction of sp³-hybridized carbons (Fsp3) is 0.217. The average molecular weight is 433 g/mol. The van der Waals surface area contributed by atoms with Crippen molar-refractivity contribution >= 4 is 29.2 Å². The van der Waals surface area contributed by atoms with E-state index in [1.807, 2.05) is 30.3 Å². The zero-order valence-electron chi connectivity index (χ0n) is 17.6. The van der Waals surface area contributed by atoms with Crippen molar-refractivity contribution in [2.24, 2.45) is 0 Å². The van der Waals surface area contributed by atoms with E-state index in [1.165, 1.54) is 7.11 Å². The minimum absolute atomic E-state index is 0.353. The van der Waals surface area contributed by atoms with E-state index in [1.54, 1.807) is 30.3 Å². The first-order valence-corrected chi connectivity index (χ1v) is 10.2. The van der Waals surface area contributed by atoms with Gasteiger partial charge in [-0.3, -0.25) is 0 Å². The van der Waals surface area contributed by atoms with Crippen LogP contribution in [0.15, 0.2) is 60.7 Å². The smallest absolute Gasteiger partial charge is 0.337 e. The summed E-state index contributed by atoms with van der Waals surface area (Å²) < 4.78 is 10.1. The van der Waals surface area contributed by atoms with Crippen LogP contribution in [-0.2, 0) is 9.47 Å². The number of morpholine rings is 1. The Labute approximate surface area is 185 Å². The molecule has 2 N–H and O–H groups in total. The van der Waals surface area contributed by atoms with Crippen LogP contribution >= 0.6 is 0 Å². The summed E-state index contributed by atoms with van der Waals surface area (Å²) in [7, 11) is 1.31. The van der Waals surface area contributed by atoms with Gasteiger partial charge in [-0.25, -0.2) is 9.59 Å². The van der Waals surface area contributed by atoms with Crippen molar-refractivity contribution < 1.29 is 19.1 Å². The lowest BCUT2D eigenvalue weighted by Gasteiger charge is -2.27. The van der Waals surface area contributed by atoms with Crippen molar-refractivity contribution in [1.29, 1.82) is 0 Å². The number of methoxy groups -OCH3 is 1. The molecule has 1 fully saturated rings. The number of aromatic nitrogens is 2. The number of esters is 1. The van der Waals surface area contributed by atoms with Gasteiger partial charge in [0, 0.05) is 30.0 Å². The molecule has 0 aliphatic carbocycles. The lowest BCUT2D eigenvalue weighted by atomic mass is 10.1. The maximum atomic E-state index is 12.4. The molecule has 9 nitrogen and oxygen atoms in total. The van der Waals surface area contributed by atoms with E-state index in [4.69, 9.17) is 9.47 Å². The summed E-state index contributed by atoms with van der Waals surface area (Å²) in [5, 5.41) is 14.2. The number of hydrogen-bond donors (Lipinski definition) is 2. The normalized spacial score (nSPS) is 13.3. The number of nitrogens with one attached hydrogen (secondary N) is 2. The predicted molar refractivity (Wildman–Crippen MR) is 121 cm³/mol. The van der Waals surface area contributed by atoms with Crippen molar-refractivity contribution in [1.82, 2.24) is 10.2 Å². The highest BCUT2D eigenvalue weighted by Gasteiger charge is 2.13. The van der Waals surface area contributed by atoms with Gasteiger partial charge >= 0.3 is 12.0 Å². The Morgan fingerprint density at radius 3 is 2.34 bits per heavy atom. The molecule has 2 heterocycles. The van der Waals surface area contributed by atoms with E-state index in [9.17, 15) is 9.59 Å². The van der Waals surface area contributed by atoms with Crippen molar-refractivity contribution in [2.75, 3.05) is 48.9 Å². The zero-order chi connectivity index (χ0) is 22.3. The van der Waals surface area contributed by atoms with Crippen LogP contribution in [0.25, 0.3) is 11.3 Å². The summed E-state index contributed by atoms with van der Waals surface area (Å²) in [6.45, 7) is 2.97. The third-order valence-electron chi connectivity index (χ3n) is 4.94. The van der Waals surface area contributed by atoms with Crippen molar-refractivity contribution in [2.45, 2.75) is 0 Å². The maximum Gasteiger partial charge on any atom is 0.337 e. The minimum Gasteiger partial charge on any atom is -0.465 e. The van der Waals surface area contributed by atoms with Gasteiger partial charge in [0.1, 0.15) is 0 Å². The third kappa shape index (κ3) is 5.19. The van der Waals surface area contributed by atoms with Gasteiger partial charge in [0.15, 0.2) is 5.82 Å². The number of hydrogen-bond acceptors (Lipinski definition) is 7. The Hall–Kier alpha value is -3.98. The van der Waals surface area contributed by atoms with E-state index in [2.05, 4.69) is 25.7 Å². The van der Waals surface area contributed by atoms with E-state index in [0.717, 1.165) is 24.5 Å². The molecule has 1 aromatic heterocycles. The Morgan fingerprint density at radius 2 is 1.66 bits per heavy atom. The molecule has 32 heavy (non-hydrogen) atoms. The van der Waals surface area contributed by atoms with Gasteiger partial charge < -0.3 is 25.0 Å². The van der Waals surface area contributed by atoms with E-state index in [-0.39, 0.29) is 0 Å². The van der Waals surface area contributed by atoms with Crippen LogP contribution in [0.4, 0.5) is 22.0 Å². The summed E-state index contributed by atoms with van der Waals surface area (Å²) in [5.41, 5.74) is 2.97. The SMILES string of the molecule is COC(=O)c1cccc(NC(=O)Nc2cccc(-c3ccc(N4CCOCC4)nn3)c2)c1. The first-order chi connectivity index (χ1) is 15.6. The average Bonchev–Trinajstić information content (AvgIpc) is 2.84. The van der Waals surface area contributed by atoms with Crippen LogP contribution in [0, 0.1) is 0 Å². The second-order valence-corrected chi connectivity index (χ2v) is 7.11. The Kier molecular flexibility index (Phi) is 6.57. The molecule has 0 bridgehead atoms. The second-order valence-electron chi connectivity index (χ2n) is 7.11. The zero-order valence-corrected chi connectivity index (χ0v) is 17.6. The lowest BCUT2D eigenvalue weighted by molar-refractivity contribution is 0.0600. The lowest BCUT2D eigenvalue weighted by Crippen LogP contribution is -2.36. The molecular weight excluding hydrogens is 410 g/mol. The standard InChI is InChI=1S/C23H23N5O4/c1-31-22(29)17-5-3-7-19(15-17)25-23(30)24-18-6-2-4-16(14-18)20-8-9-21(27-26-20)28-10-12-32-13-11-28/h2-9,14-15H,10-13H2,1H3,(H2,24,25,30). The molecule has 1 aliphatic rings. The molecule has 0 radical (unpaired) electrons. The van der Waals surface area contributed by atoms with Crippen LogP contribution in [0.5, 0.6) is 0 Å². The summed E-state index contributed by atoms with van der Waals surface area (Å²) >= 11 is 0. The van der Waals surface area contributed by atoms with Crippen LogP contribution in [0.3, 0.4) is 0 Å². The summed E-state index contributed by atoms with van der Waals surface area (Å²) in [6.07, 6.45) is 0. The Bertz CT molecular complexity index is 1100. The minimum atomic E-state index is -0.470. The van der Waals surface area contributed by atoms with E-state index < -0.39 is 12.0 Å². The first-order valence-electron chi connectivity index (χ1n) is 10.2. The largest absolute Gasteiger partial charge is 0.465 e. The summed E-state index contributed by atoms with van der Waals surface area (Å²) in [4.78, 5) is 26.2. The van der Waals surface area contributed by atoms with Gasteiger partial charge in [0.2, 0.25) is 0 Å². The number of anilines is 3. The van der Waals surface area contributed by atoms with Crippen molar-refractivity contribution in [3.63, 3.8) is 0 Å². The summed E-state index contributed by atoms with van der Waals surface area (Å²) in [5.74, 6) is 0.349. The molecule has 0 spiro atoms. The molecule has 164 valence electrons. The highest BCUT2D eigenvalue weighted by atomic mass is 16.5. The van der Waals surface area contributed by atoms with Crippen LogP contribution < -0.4 is 15.5 Å². The molecular formula is C23H23N5O4. The molecule has 0 saturated carbocycles. The third-order valence-corrected chi connectivity index (χ3v) is 4.94. The van der Waals surface area contributed by atoms with Crippen LogP contribution in [-0.4, -0.2) is 55.6 Å². The van der Waals surface area contributed by atoms with E-state index in [0.29, 0.717) is 35.8 Å². The number of ether oxygens (including phenoxy) is 2. The van der Waals surface area contributed by atoms with Crippen LogP contribution in [0.2, 0.25) is 0 Å². The number of carbonyl (C=O) groups excluding carboxylic acids is 2. The van der Waals surface area contributed by atoms with E-state index >= 15 is 0 Å². The summed E-state index contributed by atoms with van der Waals surface area (Å²) in [6, 6.07) is 17.3. The van der Waals surface area contributed by atoms with Crippen LogP contribution in [0.1, 0.15) is 10.4 Å². The van der Waals surface area contributed by atoms with Gasteiger partial charge in [0.25, 0.3) is 0 Å². The van der Waals surface area contributed by atoms with Gasteiger partial charge in [-0.05, 0) is 42.5 Å². The molecule has 3 aromatic rings. The second kappa shape index (κ2) is 9.88. The highest BCUT2D eigenvalue weighted by Crippen LogP contribution is 2.22. The monoisotopic (exact) mass is 433 g/mol. The van der Waals surface area contributed by atoms with Gasteiger partial charge in [-0.2, -0.15) is 0 Å². The maximum absolute atomic E-state index is 12.4. The van der Waals surface area contributed by atoms with Crippen molar-refractivity contribution in [3.05, 3.63) is 66.2 Å². The number of benzene rings is 2. The number of carbonyl (C=O) groups is 2. The highest BCUT2D eigenvalue weighted by molar-refractivity contribution is 6.01. The molecule has 1 saturated heterocycles. The number of amides is 2. The molecule has 2 aromatic carbocycles. The fourth-order valence-electron chi connectivity index (χ4n) is 3.33. The number of rotatable bonds is 5. The Morgan fingerprint density at radius 1 is 0.938 bits per heavy atom. The molecule has 0 unspecified atom stereocenters. The van der Waals surface area contributed by atoms with Crippen molar-refractivity contribution in [3.8, 4) is 11.3 Å². The molecule has 4 rings (SSSR count). The van der Waals surface area contributed by atoms with Gasteiger partial charge in [-0.15, -0.1) is 10.2 Å². The molecule has 2 amide bonds. The Balaban J connectivity index is 1.41. The van der Waals surface area contributed by atoms with Gasteiger partial charge in [-0.1, -0.05) is 18.2 Å². The number of nitrogens with zero attached hydrogens (tertiary/aromatic N) is 3. The van der Waals surface area contributed by atoms with Gasteiger partial charge in [0.05, 0.1) is 31.6 Å². The number of urea groups is 1. The fourth-order valence-corrected chi connectivity index (χ4v) is 3.33. The molecule has 1 aliphatic heterocycles. The molecule has 9 heteroatoms. The topological polar surface area (TPSA) is 106 Å². The first kappa shape index (κ1) is 21.3. The predicted octanol–water partition coefficient (Wildman–Crippen LogP) is 3.41. The molecule has 0 atom stereocenters. The quantitative estimate of drug-likeness (QED) is 0.594.